The van der Waals surface area contributed by atoms with E-state index in [0.29, 0.717) is 24.9 Å². The molecule has 2 aliphatic carbocycles. The fourth-order valence-electron chi connectivity index (χ4n) is 3.70. The summed E-state index contributed by atoms with van der Waals surface area (Å²) < 4.78 is 0. The summed E-state index contributed by atoms with van der Waals surface area (Å²) in [6, 6.07) is 0.334. The molecule has 19 heavy (non-hydrogen) atoms. The average molecular weight is 266 g/mol. The van der Waals surface area contributed by atoms with Crippen molar-refractivity contribution in [2.24, 2.45) is 17.1 Å². The minimum atomic E-state index is 0.132. The normalized spacial score (nSPS) is 25.2. The lowest BCUT2D eigenvalue weighted by Crippen LogP contribution is -2.45. The minimum Gasteiger partial charge on any atom is -0.353 e. The van der Waals surface area contributed by atoms with Gasteiger partial charge in [-0.05, 0) is 50.5 Å². The Morgan fingerprint density at radius 1 is 1.21 bits per heavy atom. The van der Waals surface area contributed by atoms with E-state index in [9.17, 15) is 4.79 Å². The van der Waals surface area contributed by atoms with Crippen LogP contribution in [0.2, 0.25) is 0 Å². The molecule has 0 radical (unpaired) electrons. The van der Waals surface area contributed by atoms with Crippen molar-refractivity contribution in [1.29, 1.82) is 0 Å². The van der Waals surface area contributed by atoms with Gasteiger partial charge in [-0.15, -0.1) is 0 Å². The highest BCUT2D eigenvalue weighted by Gasteiger charge is 2.37. The Labute approximate surface area is 117 Å². The molecular weight excluding hydrogens is 236 g/mol. The van der Waals surface area contributed by atoms with E-state index in [2.05, 4.69) is 12.2 Å². The molecule has 0 heterocycles. The zero-order chi connectivity index (χ0) is 13.7. The van der Waals surface area contributed by atoms with Crippen molar-refractivity contribution in [3.63, 3.8) is 0 Å². The Morgan fingerprint density at radius 2 is 1.84 bits per heavy atom. The molecule has 0 saturated heterocycles. The quantitative estimate of drug-likeness (QED) is 0.752. The van der Waals surface area contributed by atoms with Crippen LogP contribution in [0, 0.1) is 11.3 Å². The predicted molar refractivity (Wildman–Crippen MR) is 78.8 cm³/mol. The molecular formula is C16H30N2O. The minimum absolute atomic E-state index is 0.132. The number of hydrogen-bond acceptors (Lipinski definition) is 2. The summed E-state index contributed by atoms with van der Waals surface area (Å²) in [6.45, 7) is 2.85. The first-order valence-corrected chi connectivity index (χ1v) is 8.15. The Balaban J connectivity index is 1.77. The van der Waals surface area contributed by atoms with Gasteiger partial charge in [0, 0.05) is 12.5 Å². The topological polar surface area (TPSA) is 55.1 Å². The molecule has 2 rings (SSSR count). The summed E-state index contributed by atoms with van der Waals surface area (Å²) in [5.74, 6) is 0.906. The van der Waals surface area contributed by atoms with Crippen LogP contribution in [0.1, 0.15) is 71.1 Å². The monoisotopic (exact) mass is 266 g/mol. The second-order valence-electron chi connectivity index (χ2n) is 6.84. The lowest BCUT2D eigenvalue weighted by molar-refractivity contribution is -0.125. The van der Waals surface area contributed by atoms with E-state index < -0.39 is 0 Å². The van der Waals surface area contributed by atoms with E-state index >= 15 is 0 Å². The van der Waals surface area contributed by atoms with Gasteiger partial charge in [-0.2, -0.15) is 0 Å². The molecule has 1 amide bonds. The van der Waals surface area contributed by atoms with E-state index in [-0.39, 0.29) is 11.3 Å². The van der Waals surface area contributed by atoms with Crippen LogP contribution >= 0.6 is 0 Å². The molecule has 0 aromatic heterocycles. The maximum atomic E-state index is 12.2. The average Bonchev–Trinajstić information content (AvgIpc) is 2.62. The number of carbonyl (C=O) groups is 1. The maximum Gasteiger partial charge on any atom is 0.220 e. The highest BCUT2D eigenvalue weighted by Crippen LogP contribution is 2.42. The molecule has 3 N–H and O–H groups in total. The first kappa shape index (κ1) is 14.8. The summed E-state index contributed by atoms with van der Waals surface area (Å²) in [5, 5.41) is 3.24. The van der Waals surface area contributed by atoms with Crippen LogP contribution in [0.4, 0.5) is 0 Å². The van der Waals surface area contributed by atoms with Crippen LogP contribution in [-0.2, 0) is 4.79 Å². The molecule has 2 saturated carbocycles. The summed E-state index contributed by atoms with van der Waals surface area (Å²) in [6.07, 6.45) is 12.1. The van der Waals surface area contributed by atoms with Gasteiger partial charge in [-0.3, -0.25) is 4.79 Å². The smallest absolute Gasteiger partial charge is 0.220 e. The first-order valence-electron chi connectivity index (χ1n) is 8.15. The molecule has 0 spiro atoms. The van der Waals surface area contributed by atoms with Gasteiger partial charge in [0.1, 0.15) is 0 Å². The van der Waals surface area contributed by atoms with Crippen LogP contribution in [0.5, 0.6) is 0 Å². The summed E-state index contributed by atoms with van der Waals surface area (Å²) in [4.78, 5) is 12.2. The summed E-state index contributed by atoms with van der Waals surface area (Å²) in [7, 11) is 0. The molecule has 3 nitrogen and oxygen atoms in total. The lowest BCUT2D eigenvalue weighted by atomic mass is 9.66. The van der Waals surface area contributed by atoms with Gasteiger partial charge >= 0.3 is 0 Å². The fraction of sp³-hybridized carbons (Fsp3) is 0.938. The van der Waals surface area contributed by atoms with Crippen molar-refractivity contribution >= 4 is 5.91 Å². The third-order valence-electron chi connectivity index (χ3n) is 5.38. The predicted octanol–water partition coefficient (Wildman–Crippen LogP) is 2.98. The van der Waals surface area contributed by atoms with Crippen molar-refractivity contribution in [3.8, 4) is 0 Å². The van der Waals surface area contributed by atoms with Crippen LogP contribution in [0.15, 0.2) is 0 Å². The van der Waals surface area contributed by atoms with Gasteiger partial charge < -0.3 is 11.1 Å². The van der Waals surface area contributed by atoms with Gasteiger partial charge in [0.2, 0.25) is 5.91 Å². The second-order valence-corrected chi connectivity index (χ2v) is 6.84. The van der Waals surface area contributed by atoms with Gasteiger partial charge in [0.05, 0.1) is 0 Å². The van der Waals surface area contributed by atoms with Gasteiger partial charge in [0.15, 0.2) is 0 Å². The highest BCUT2D eigenvalue weighted by molar-refractivity contribution is 5.77. The first-order chi connectivity index (χ1) is 9.15. The van der Waals surface area contributed by atoms with Crippen LogP contribution in [0.25, 0.3) is 0 Å². The van der Waals surface area contributed by atoms with Crippen molar-refractivity contribution in [2.45, 2.75) is 77.2 Å². The summed E-state index contributed by atoms with van der Waals surface area (Å²) >= 11 is 0. The Morgan fingerprint density at radius 3 is 2.32 bits per heavy atom. The largest absolute Gasteiger partial charge is 0.353 e. The Hall–Kier alpha value is -0.570. The second kappa shape index (κ2) is 6.74. The fourth-order valence-corrected chi connectivity index (χ4v) is 3.70. The van der Waals surface area contributed by atoms with Crippen molar-refractivity contribution in [1.82, 2.24) is 5.32 Å². The van der Waals surface area contributed by atoms with E-state index in [1.54, 1.807) is 0 Å². The summed E-state index contributed by atoms with van der Waals surface area (Å²) in [5.41, 5.74) is 5.96. The van der Waals surface area contributed by atoms with E-state index in [4.69, 9.17) is 5.73 Å². The molecule has 2 fully saturated rings. The van der Waals surface area contributed by atoms with Crippen LogP contribution < -0.4 is 11.1 Å². The van der Waals surface area contributed by atoms with Gasteiger partial charge in [-0.25, -0.2) is 0 Å². The molecule has 3 heteroatoms. The number of nitrogens with one attached hydrogen (secondary N) is 1. The van der Waals surface area contributed by atoms with Crippen molar-refractivity contribution in [3.05, 3.63) is 0 Å². The third kappa shape index (κ3) is 3.95. The van der Waals surface area contributed by atoms with Gasteiger partial charge in [-0.1, -0.05) is 32.1 Å². The Bertz CT molecular complexity index is 286. The van der Waals surface area contributed by atoms with Crippen LogP contribution in [0.3, 0.4) is 0 Å². The number of amides is 1. The number of carbonyl (C=O) groups excluding carboxylic acids is 1. The Kier molecular flexibility index (Phi) is 5.26. The van der Waals surface area contributed by atoms with E-state index in [1.165, 1.54) is 44.9 Å². The molecule has 0 aromatic carbocycles. The standard InChI is InChI=1S/C16H30N2O/c1-13(14-7-4-2-3-5-8-14)18-15(19)11-16(12-17)9-6-10-16/h13-14H,2-12,17H2,1H3,(H,18,19)/t13-/m0/s1. The van der Waals surface area contributed by atoms with Crippen molar-refractivity contribution < 1.29 is 4.79 Å². The molecule has 2 aliphatic rings. The van der Waals surface area contributed by atoms with Gasteiger partial charge in [0.25, 0.3) is 0 Å². The maximum absolute atomic E-state index is 12.2. The lowest BCUT2D eigenvalue weighted by Gasteiger charge is -2.40. The molecule has 0 aliphatic heterocycles. The van der Waals surface area contributed by atoms with Crippen LogP contribution in [-0.4, -0.2) is 18.5 Å². The number of nitrogens with two attached hydrogens (primary N) is 1. The SMILES string of the molecule is C[C@H](NC(=O)CC1(CN)CCC1)C1CCCCCC1. The van der Waals surface area contributed by atoms with E-state index in [0.717, 1.165) is 12.8 Å². The third-order valence-corrected chi connectivity index (χ3v) is 5.38. The number of hydrogen-bond donors (Lipinski definition) is 2. The zero-order valence-corrected chi connectivity index (χ0v) is 12.4. The van der Waals surface area contributed by atoms with Crippen molar-refractivity contribution in [2.75, 3.05) is 6.54 Å². The zero-order valence-electron chi connectivity index (χ0n) is 12.4. The highest BCUT2D eigenvalue weighted by atomic mass is 16.1. The molecule has 1 atom stereocenters. The number of rotatable bonds is 5. The molecule has 0 aromatic rings. The molecule has 0 bridgehead atoms. The molecule has 0 unspecified atom stereocenters. The van der Waals surface area contributed by atoms with E-state index in [1.807, 2.05) is 0 Å². The molecule has 110 valence electrons.